The number of anilines is 1. The summed E-state index contributed by atoms with van der Waals surface area (Å²) in [6, 6.07) is 1.25. The minimum Gasteiger partial charge on any atom is -0.478 e. The summed E-state index contributed by atoms with van der Waals surface area (Å²) in [5.74, 6) is -1.49. The van der Waals surface area contributed by atoms with Gasteiger partial charge in [-0.1, -0.05) is 11.6 Å². The third-order valence-electron chi connectivity index (χ3n) is 2.14. The number of carbonyl (C=O) groups excluding carboxylic acids is 1. The molecule has 1 amide bonds. The van der Waals surface area contributed by atoms with E-state index in [1.165, 1.54) is 6.07 Å². The van der Waals surface area contributed by atoms with Crippen LogP contribution in [0, 0.1) is 0 Å². The van der Waals surface area contributed by atoms with E-state index in [1.54, 1.807) is 13.8 Å². The highest BCUT2D eigenvalue weighted by molar-refractivity contribution is 6.33. The number of rotatable bonds is 4. The molecule has 0 unspecified atom stereocenters. The SMILES string of the molecule is CC(C)(Nc1ncc(C(=O)O)cc1Cl)C(N)=O. The summed E-state index contributed by atoms with van der Waals surface area (Å²) < 4.78 is 0. The molecule has 0 aliphatic heterocycles. The summed E-state index contributed by atoms with van der Waals surface area (Å²) in [6.45, 7) is 3.14. The van der Waals surface area contributed by atoms with Crippen LogP contribution in [0.2, 0.25) is 5.02 Å². The van der Waals surface area contributed by atoms with Crippen LogP contribution in [0.15, 0.2) is 12.3 Å². The third kappa shape index (κ3) is 3.07. The first kappa shape index (κ1) is 13.2. The molecule has 92 valence electrons. The lowest BCUT2D eigenvalue weighted by atomic mass is 10.1. The van der Waals surface area contributed by atoms with Crippen molar-refractivity contribution >= 4 is 29.3 Å². The van der Waals surface area contributed by atoms with Gasteiger partial charge in [-0.15, -0.1) is 0 Å². The number of primary amides is 1. The molecule has 1 rings (SSSR count). The Balaban J connectivity index is 3.02. The Morgan fingerprint density at radius 2 is 2.12 bits per heavy atom. The lowest BCUT2D eigenvalue weighted by Crippen LogP contribution is -2.45. The molecule has 0 atom stereocenters. The van der Waals surface area contributed by atoms with Crippen molar-refractivity contribution < 1.29 is 14.7 Å². The van der Waals surface area contributed by atoms with Crippen LogP contribution in [-0.4, -0.2) is 27.5 Å². The summed E-state index contributed by atoms with van der Waals surface area (Å²) in [5.41, 5.74) is 4.12. The summed E-state index contributed by atoms with van der Waals surface area (Å²) >= 11 is 5.84. The van der Waals surface area contributed by atoms with Crippen LogP contribution in [0.3, 0.4) is 0 Å². The van der Waals surface area contributed by atoms with Gasteiger partial charge in [-0.25, -0.2) is 9.78 Å². The molecule has 0 bridgehead atoms. The van der Waals surface area contributed by atoms with E-state index in [0.717, 1.165) is 6.20 Å². The molecule has 4 N–H and O–H groups in total. The predicted octanol–water partition coefficient (Wildman–Crippen LogP) is 1.11. The lowest BCUT2D eigenvalue weighted by Gasteiger charge is -2.23. The maximum absolute atomic E-state index is 11.1. The molecule has 1 aromatic rings. The molecule has 7 heteroatoms. The molecule has 1 heterocycles. The van der Waals surface area contributed by atoms with E-state index in [1.807, 2.05) is 0 Å². The van der Waals surface area contributed by atoms with Crippen molar-refractivity contribution in [3.8, 4) is 0 Å². The van der Waals surface area contributed by atoms with Crippen LogP contribution < -0.4 is 11.1 Å². The second-order valence-electron chi connectivity index (χ2n) is 3.97. The molecular formula is C10H12ClN3O3. The van der Waals surface area contributed by atoms with Crippen LogP contribution in [0.1, 0.15) is 24.2 Å². The van der Waals surface area contributed by atoms with Crippen molar-refractivity contribution in [2.45, 2.75) is 19.4 Å². The van der Waals surface area contributed by atoms with Gasteiger partial charge in [0.25, 0.3) is 0 Å². The van der Waals surface area contributed by atoms with Crippen LogP contribution in [0.5, 0.6) is 0 Å². The van der Waals surface area contributed by atoms with Crippen LogP contribution in [-0.2, 0) is 4.79 Å². The number of carbonyl (C=O) groups is 2. The first-order valence-corrected chi connectivity index (χ1v) is 5.09. The van der Waals surface area contributed by atoms with Gasteiger partial charge in [-0.3, -0.25) is 4.79 Å². The average Bonchev–Trinajstić information content (AvgIpc) is 2.20. The molecule has 0 saturated carbocycles. The van der Waals surface area contributed by atoms with Gasteiger partial charge in [0.05, 0.1) is 10.6 Å². The summed E-state index contributed by atoms with van der Waals surface area (Å²) in [4.78, 5) is 25.6. The largest absolute Gasteiger partial charge is 0.478 e. The van der Waals surface area contributed by atoms with Crippen molar-refractivity contribution in [2.75, 3.05) is 5.32 Å². The molecule has 0 aromatic carbocycles. The molecule has 0 fully saturated rings. The number of carboxylic acids is 1. The van der Waals surface area contributed by atoms with Crippen LogP contribution >= 0.6 is 11.6 Å². The number of nitrogens with zero attached hydrogens (tertiary/aromatic N) is 1. The molecule has 0 aliphatic carbocycles. The van der Waals surface area contributed by atoms with E-state index in [9.17, 15) is 9.59 Å². The number of nitrogens with two attached hydrogens (primary N) is 1. The van der Waals surface area contributed by atoms with Gasteiger partial charge in [-0.2, -0.15) is 0 Å². The van der Waals surface area contributed by atoms with Crippen molar-refractivity contribution in [2.24, 2.45) is 5.73 Å². The lowest BCUT2D eigenvalue weighted by molar-refractivity contribution is -0.121. The second kappa shape index (κ2) is 4.58. The Hall–Kier alpha value is -1.82. The van der Waals surface area contributed by atoms with Gasteiger partial charge in [0.1, 0.15) is 11.4 Å². The van der Waals surface area contributed by atoms with Crippen LogP contribution in [0.25, 0.3) is 0 Å². The van der Waals surface area contributed by atoms with Gasteiger partial charge in [-0.05, 0) is 19.9 Å². The number of hydrogen-bond acceptors (Lipinski definition) is 4. The maximum Gasteiger partial charge on any atom is 0.337 e. The molecule has 17 heavy (non-hydrogen) atoms. The number of hydrogen-bond donors (Lipinski definition) is 3. The van der Waals surface area contributed by atoms with Crippen LogP contribution in [0.4, 0.5) is 5.82 Å². The van der Waals surface area contributed by atoms with Gasteiger partial charge in [0, 0.05) is 6.20 Å². The summed E-state index contributed by atoms with van der Waals surface area (Å²) in [5, 5.41) is 11.6. The Morgan fingerprint density at radius 3 is 2.53 bits per heavy atom. The highest BCUT2D eigenvalue weighted by atomic mass is 35.5. The highest BCUT2D eigenvalue weighted by Crippen LogP contribution is 2.23. The number of carboxylic acid groups (broad SMARTS) is 1. The van der Waals surface area contributed by atoms with Gasteiger partial charge in [0.2, 0.25) is 5.91 Å². The topological polar surface area (TPSA) is 105 Å². The molecular weight excluding hydrogens is 246 g/mol. The molecule has 0 saturated heterocycles. The first-order valence-electron chi connectivity index (χ1n) is 4.71. The molecule has 0 aliphatic rings. The fourth-order valence-electron chi connectivity index (χ4n) is 1.00. The smallest absolute Gasteiger partial charge is 0.337 e. The zero-order valence-corrected chi connectivity index (χ0v) is 10.1. The standard InChI is InChI=1S/C10H12ClN3O3/c1-10(2,9(12)17)14-7-6(11)3-5(4-13-7)8(15)16/h3-4H,1-2H3,(H2,12,17)(H,13,14)(H,15,16). The van der Waals surface area contributed by atoms with Gasteiger partial charge >= 0.3 is 5.97 Å². The normalized spacial score (nSPS) is 11.0. The predicted molar refractivity (Wildman–Crippen MR) is 63.1 cm³/mol. The second-order valence-corrected chi connectivity index (χ2v) is 4.38. The maximum atomic E-state index is 11.1. The number of nitrogens with one attached hydrogen (secondary N) is 1. The van der Waals surface area contributed by atoms with E-state index >= 15 is 0 Å². The first-order chi connectivity index (χ1) is 7.74. The van der Waals surface area contributed by atoms with Gasteiger partial charge in [0.15, 0.2) is 0 Å². The number of pyridine rings is 1. The Bertz CT molecular complexity index is 474. The zero-order valence-electron chi connectivity index (χ0n) is 9.32. The molecule has 0 spiro atoms. The highest BCUT2D eigenvalue weighted by Gasteiger charge is 2.26. The Labute approximate surface area is 103 Å². The molecule has 1 aromatic heterocycles. The minimum atomic E-state index is -1.12. The fourth-order valence-corrected chi connectivity index (χ4v) is 1.22. The number of aromatic nitrogens is 1. The summed E-state index contributed by atoms with van der Waals surface area (Å²) in [7, 11) is 0. The zero-order chi connectivity index (χ0) is 13.2. The monoisotopic (exact) mass is 257 g/mol. The van der Waals surface area contributed by atoms with E-state index in [-0.39, 0.29) is 16.4 Å². The van der Waals surface area contributed by atoms with E-state index < -0.39 is 17.4 Å². The van der Waals surface area contributed by atoms with E-state index in [2.05, 4.69) is 10.3 Å². The molecule has 0 radical (unpaired) electrons. The summed E-state index contributed by atoms with van der Waals surface area (Å²) in [6.07, 6.45) is 1.15. The van der Waals surface area contributed by atoms with Gasteiger partial charge < -0.3 is 16.2 Å². The van der Waals surface area contributed by atoms with Crippen molar-refractivity contribution in [1.29, 1.82) is 0 Å². The van der Waals surface area contributed by atoms with Crippen molar-refractivity contribution in [1.82, 2.24) is 4.98 Å². The minimum absolute atomic E-state index is 0.0302. The fraction of sp³-hybridized carbons (Fsp3) is 0.300. The van der Waals surface area contributed by atoms with E-state index in [0.29, 0.717) is 0 Å². The number of amides is 1. The number of aromatic carboxylic acids is 1. The van der Waals surface area contributed by atoms with Crippen molar-refractivity contribution in [3.05, 3.63) is 22.8 Å². The van der Waals surface area contributed by atoms with Crippen molar-refractivity contribution in [3.63, 3.8) is 0 Å². The quantitative estimate of drug-likeness (QED) is 0.749. The third-order valence-corrected chi connectivity index (χ3v) is 2.42. The van der Waals surface area contributed by atoms with E-state index in [4.69, 9.17) is 22.4 Å². The Morgan fingerprint density at radius 1 is 1.53 bits per heavy atom. The Kier molecular flexibility index (Phi) is 3.57. The number of halogens is 1. The molecule has 6 nitrogen and oxygen atoms in total. The average molecular weight is 258 g/mol.